The Morgan fingerprint density at radius 3 is 3.00 bits per heavy atom. The SMILES string of the molecule is COC(=O)c1cn(Cc2ccc(F)nc2Br)nn1. The van der Waals surface area contributed by atoms with E-state index in [1.165, 1.54) is 24.1 Å². The van der Waals surface area contributed by atoms with Crippen LogP contribution in [0.1, 0.15) is 16.1 Å². The van der Waals surface area contributed by atoms with Crippen molar-refractivity contribution in [3.8, 4) is 0 Å². The molecule has 0 radical (unpaired) electrons. The van der Waals surface area contributed by atoms with E-state index in [9.17, 15) is 9.18 Å². The molecule has 0 aromatic carbocycles. The molecular formula is C10H8BrFN4O2. The third-order valence-corrected chi connectivity index (χ3v) is 2.84. The van der Waals surface area contributed by atoms with Crippen LogP contribution in [-0.2, 0) is 11.3 Å². The maximum atomic E-state index is 12.8. The van der Waals surface area contributed by atoms with E-state index in [0.29, 0.717) is 11.1 Å². The average molecular weight is 315 g/mol. The minimum absolute atomic E-state index is 0.115. The standard InChI is InChI=1S/C10H8BrFN4O2/c1-18-10(17)7-5-16(15-14-7)4-6-2-3-8(12)13-9(6)11/h2-3,5H,4H2,1H3. The van der Waals surface area contributed by atoms with Gasteiger partial charge in [-0.15, -0.1) is 5.10 Å². The normalized spacial score (nSPS) is 10.4. The Bertz CT molecular complexity index is 587. The molecule has 0 fully saturated rings. The van der Waals surface area contributed by atoms with Crippen LogP contribution in [0.3, 0.4) is 0 Å². The van der Waals surface area contributed by atoms with Crippen LogP contribution in [0.2, 0.25) is 0 Å². The summed E-state index contributed by atoms with van der Waals surface area (Å²) < 4.78 is 19.1. The first-order valence-corrected chi connectivity index (χ1v) is 5.69. The van der Waals surface area contributed by atoms with Crippen molar-refractivity contribution in [2.24, 2.45) is 0 Å². The number of pyridine rings is 1. The van der Waals surface area contributed by atoms with E-state index in [0.717, 1.165) is 5.56 Å². The van der Waals surface area contributed by atoms with Crippen molar-refractivity contribution in [1.29, 1.82) is 0 Å². The van der Waals surface area contributed by atoms with Crippen molar-refractivity contribution in [1.82, 2.24) is 20.0 Å². The van der Waals surface area contributed by atoms with Crippen molar-refractivity contribution in [2.45, 2.75) is 6.54 Å². The second-order valence-electron chi connectivity index (χ2n) is 3.38. The van der Waals surface area contributed by atoms with Crippen molar-refractivity contribution < 1.29 is 13.9 Å². The van der Waals surface area contributed by atoms with Crippen LogP contribution in [0.5, 0.6) is 0 Å². The Labute approximate surface area is 110 Å². The average Bonchev–Trinajstić information content (AvgIpc) is 2.80. The molecule has 0 saturated carbocycles. The van der Waals surface area contributed by atoms with Gasteiger partial charge in [-0.1, -0.05) is 5.21 Å². The highest BCUT2D eigenvalue weighted by atomic mass is 79.9. The highest BCUT2D eigenvalue weighted by Crippen LogP contribution is 2.15. The first-order chi connectivity index (χ1) is 8.60. The lowest BCUT2D eigenvalue weighted by molar-refractivity contribution is 0.0594. The molecule has 94 valence electrons. The predicted molar refractivity (Wildman–Crippen MR) is 62.4 cm³/mol. The van der Waals surface area contributed by atoms with Crippen LogP contribution in [0.15, 0.2) is 22.9 Å². The molecule has 0 amide bonds. The largest absolute Gasteiger partial charge is 0.464 e. The van der Waals surface area contributed by atoms with Gasteiger partial charge in [0.2, 0.25) is 5.95 Å². The van der Waals surface area contributed by atoms with E-state index in [1.54, 1.807) is 6.07 Å². The van der Waals surface area contributed by atoms with Gasteiger partial charge in [0.1, 0.15) is 4.60 Å². The van der Waals surface area contributed by atoms with Crippen molar-refractivity contribution in [3.63, 3.8) is 0 Å². The van der Waals surface area contributed by atoms with E-state index < -0.39 is 11.9 Å². The van der Waals surface area contributed by atoms with Crippen LogP contribution in [0.4, 0.5) is 4.39 Å². The number of ether oxygens (including phenoxy) is 1. The maximum absolute atomic E-state index is 12.8. The number of carbonyl (C=O) groups is 1. The molecule has 2 aromatic heterocycles. The van der Waals surface area contributed by atoms with Crippen molar-refractivity contribution in [2.75, 3.05) is 7.11 Å². The summed E-state index contributed by atoms with van der Waals surface area (Å²) in [4.78, 5) is 14.8. The highest BCUT2D eigenvalue weighted by molar-refractivity contribution is 9.10. The predicted octanol–water partition coefficient (Wildman–Crippen LogP) is 1.41. The molecule has 0 spiro atoms. The summed E-state index contributed by atoms with van der Waals surface area (Å²) in [7, 11) is 1.27. The van der Waals surface area contributed by atoms with Crippen molar-refractivity contribution >= 4 is 21.9 Å². The van der Waals surface area contributed by atoms with Crippen LogP contribution >= 0.6 is 15.9 Å². The number of hydrogen-bond donors (Lipinski definition) is 0. The molecule has 18 heavy (non-hydrogen) atoms. The van der Waals surface area contributed by atoms with Gasteiger partial charge in [0.05, 0.1) is 19.9 Å². The van der Waals surface area contributed by atoms with Gasteiger partial charge in [-0.2, -0.15) is 4.39 Å². The van der Waals surface area contributed by atoms with Gasteiger partial charge in [0, 0.05) is 5.56 Å². The number of hydrogen-bond acceptors (Lipinski definition) is 5. The first kappa shape index (κ1) is 12.6. The lowest BCUT2D eigenvalue weighted by Crippen LogP contribution is -2.03. The van der Waals surface area contributed by atoms with E-state index >= 15 is 0 Å². The Balaban J connectivity index is 2.18. The molecule has 0 atom stereocenters. The molecule has 2 heterocycles. The summed E-state index contributed by atoms with van der Waals surface area (Å²) >= 11 is 3.15. The van der Waals surface area contributed by atoms with Crippen LogP contribution in [-0.4, -0.2) is 33.1 Å². The molecule has 0 aliphatic heterocycles. The lowest BCUT2D eigenvalue weighted by atomic mass is 10.3. The van der Waals surface area contributed by atoms with Gasteiger partial charge in [-0.05, 0) is 28.1 Å². The lowest BCUT2D eigenvalue weighted by Gasteiger charge is -2.02. The quantitative estimate of drug-likeness (QED) is 0.633. The zero-order chi connectivity index (χ0) is 13.1. The zero-order valence-corrected chi connectivity index (χ0v) is 10.9. The topological polar surface area (TPSA) is 69.9 Å². The van der Waals surface area contributed by atoms with Crippen LogP contribution < -0.4 is 0 Å². The number of methoxy groups -OCH3 is 1. The van der Waals surface area contributed by atoms with E-state index in [2.05, 4.69) is 36.0 Å². The van der Waals surface area contributed by atoms with Crippen molar-refractivity contribution in [3.05, 3.63) is 40.1 Å². The molecule has 0 aliphatic rings. The molecule has 0 bridgehead atoms. The van der Waals surface area contributed by atoms with Crippen LogP contribution in [0.25, 0.3) is 0 Å². The minimum atomic E-state index is -0.570. The summed E-state index contributed by atoms with van der Waals surface area (Å²) in [5.74, 6) is -1.13. The fourth-order valence-electron chi connectivity index (χ4n) is 1.31. The first-order valence-electron chi connectivity index (χ1n) is 4.89. The number of nitrogens with zero attached hydrogens (tertiary/aromatic N) is 4. The molecule has 0 aliphatic carbocycles. The Morgan fingerprint density at radius 2 is 2.33 bits per heavy atom. The Morgan fingerprint density at radius 1 is 1.56 bits per heavy atom. The van der Waals surface area contributed by atoms with Gasteiger partial charge in [-0.25, -0.2) is 14.5 Å². The molecule has 2 aromatic rings. The van der Waals surface area contributed by atoms with E-state index in [1.807, 2.05) is 0 Å². The molecular weight excluding hydrogens is 307 g/mol. The Kier molecular flexibility index (Phi) is 3.66. The third-order valence-electron chi connectivity index (χ3n) is 2.16. The van der Waals surface area contributed by atoms with Gasteiger partial charge in [-0.3, -0.25) is 0 Å². The number of rotatable bonds is 3. The van der Waals surface area contributed by atoms with E-state index in [-0.39, 0.29) is 5.69 Å². The summed E-state index contributed by atoms with van der Waals surface area (Å²) in [6, 6.07) is 2.82. The maximum Gasteiger partial charge on any atom is 0.360 e. The molecule has 0 N–H and O–H groups in total. The summed E-state index contributed by atoms with van der Waals surface area (Å²) in [6.45, 7) is 0.317. The Hall–Kier alpha value is -1.83. The second kappa shape index (κ2) is 5.21. The molecule has 0 unspecified atom stereocenters. The molecule has 0 saturated heterocycles. The van der Waals surface area contributed by atoms with Crippen LogP contribution in [0, 0.1) is 5.95 Å². The summed E-state index contributed by atoms with van der Waals surface area (Å²) in [5, 5.41) is 7.43. The number of aromatic nitrogens is 4. The number of halogens is 2. The summed E-state index contributed by atoms with van der Waals surface area (Å²) in [6.07, 6.45) is 1.45. The van der Waals surface area contributed by atoms with Gasteiger partial charge < -0.3 is 4.74 Å². The number of esters is 1. The zero-order valence-electron chi connectivity index (χ0n) is 9.30. The van der Waals surface area contributed by atoms with Gasteiger partial charge in [0.25, 0.3) is 0 Å². The molecule has 8 heteroatoms. The van der Waals surface area contributed by atoms with Gasteiger partial charge >= 0.3 is 5.97 Å². The fourth-order valence-corrected chi connectivity index (χ4v) is 1.73. The molecule has 6 nitrogen and oxygen atoms in total. The third kappa shape index (κ3) is 2.70. The van der Waals surface area contributed by atoms with E-state index in [4.69, 9.17) is 0 Å². The minimum Gasteiger partial charge on any atom is -0.464 e. The number of carbonyl (C=O) groups excluding carboxylic acids is 1. The smallest absolute Gasteiger partial charge is 0.360 e. The van der Waals surface area contributed by atoms with Gasteiger partial charge in [0.15, 0.2) is 5.69 Å². The summed E-state index contributed by atoms with van der Waals surface area (Å²) in [5.41, 5.74) is 0.835. The monoisotopic (exact) mass is 314 g/mol. The highest BCUT2D eigenvalue weighted by Gasteiger charge is 2.11. The fraction of sp³-hybridized carbons (Fsp3) is 0.200. The molecule has 2 rings (SSSR count). The second-order valence-corrected chi connectivity index (χ2v) is 4.13.